The number of ether oxygens (including phenoxy) is 2. The zero-order valence-corrected chi connectivity index (χ0v) is 21.3. The van der Waals surface area contributed by atoms with Gasteiger partial charge in [-0.2, -0.15) is 0 Å². The highest BCUT2D eigenvalue weighted by molar-refractivity contribution is 7.95. The number of benzene rings is 2. The largest absolute Gasteiger partial charge is 0.504 e. The number of aliphatic hydroxyl groups is 1. The number of phenolic OH excluding ortho intramolecular Hbond substituents is 1. The van der Waals surface area contributed by atoms with Crippen LogP contribution in [0.4, 0.5) is 5.13 Å². The Morgan fingerprint density at radius 2 is 1.75 bits per heavy atom. The van der Waals surface area contributed by atoms with Crippen LogP contribution in [0.5, 0.6) is 11.5 Å². The fourth-order valence-electron chi connectivity index (χ4n) is 3.83. The van der Waals surface area contributed by atoms with E-state index in [0.717, 1.165) is 21.8 Å². The molecule has 2 N–H and O–H groups in total. The molecule has 0 saturated carbocycles. The van der Waals surface area contributed by atoms with Crippen LogP contribution < -0.4 is 9.64 Å². The first-order chi connectivity index (χ1) is 17.0. The smallest absolute Gasteiger partial charge is 0.350 e. The zero-order chi connectivity index (χ0) is 26.4. The van der Waals surface area contributed by atoms with Crippen LogP contribution in [0.15, 0.2) is 58.0 Å². The summed E-state index contributed by atoms with van der Waals surface area (Å²) in [6, 6.07) is 8.67. The summed E-state index contributed by atoms with van der Waals surface area (Å²) in [7, 11) is -1.86. The Morgan fingerprint density at radius 1 is 1.08 bits per heavy atom. The van der Waals surface area contributed by atoms with E-state index in [1.54, 1.807) is 26.0 Å². The standard InChI is InChI=1S/C24H22N2O8S2/c1-12-5-8-15(9-6-12)36(31,32)21-18(14-7-10-16(27)17(11-14)33-3)26(22(29)19(21)28)24-25-13(2)20(35-24)23(30)34-4/h5-11,18,27-28H,1-4H3. The van der Waals surface area contributed by atoms with Crippen molar-refractivity contribution in [3.05, 3.63) is 74.8 Å². The minimum atomic E-state index is -4.38. The van der Waals surface area contributed by atoms with Gasteiger partial charge in [0, 0.05) is 0 Å². The number of nitrogens with zero attached hydrogens (tertiary/aromatic N) is 2. The highest BCUT2D eigenvalue weighted by Gasteiger charge is 2.49. The summed E-state index contributed by atoms with van der Waals surface area (Å²) in [5.74, 6) is -2.83. The molecule has 1 atom stereocenters. The van der Waals surface area contributed by atoms with E-state index < -0.39 is 38.4 Å². The SMILES string of the molecule is COC(=O)c1sc(N2C(=O)C(O)=C(S(=O)(=O)c3ccc(C)cc3)C2c2ccc(O)c(OC)c2)nc1C. The third-order valence-electron chi connectivity index (χ3n) is 5.66. The third kappa shape index (κ3) is 4.07. The molecule has 0 spiro atoms. The number of thiazole rings is 1. The Bertz CT molecular complexity index is 1510. The number of sulfone groups is 1. The van der Waals surface area contributed by atoms with E-state index in [9.17, 15) is 28.2 Å². The van der Waals surface area contributed by atoms with Gasteiger partial charge in [0.1, 0.15) is 15.8 Å². The van der Waals surface area contributed by atoms with Gasteiger partial charge in [-0.25, -0.2) is 18.2 Å². The maximum atomic E-state index is 13.7. The predicted octanol–water partition coefficient (Wildman–Crippen LogP) is 3.59. The van der Waals surface area contributed by atoms with Crippen molar-refractivity contribution in [2.75, 3.05) is 19.1 Å². The minimum absolute atomic E-state index is 0.0180. The van der Waals surface area contributed by atoms with E-state index >= 15 is 0 Å². The van der Waals surface area contributed by atoms with Crippen molar-refractivity contribution in [3.8, 4) is 11.5 Å². The Morgan fingerprint density at radius 3 is 2.36 bits per heavy atom. The molecule has 1 aliphatic rings. The van der Waals surface area contributed by atoms with Gasteiger partial charge in [-0.15, -0.1) is 0 Å². The molecule has 1 amide bonds. The molecular weight excluding hydrogens is 508 g/mol. The first kappa shape index (κ1) is 25.2. The Balaban J connectivity index is 1.96. The number of carbonyl (C=O) groups is 2. The molecule has 0 radical (unpaired) electrons. The van der Waals surface area contributed by atoms with Crippen LogP contribution in [0.25, 0.3) is 0 Å². The Labute approximate surface area is 211 Å². The van der Waals surface area contributed by atoms with Crippen molar-refractivity contribution >= 4 is 38.2 Å². The molecule has 4 rings (SSSR count). The number of hydrogen-bond donors (Lipinski definition) is 2. The monoisotopic (exact) mass is 530 g/mol. The number of aromatic hydroxyl groups is 1. The molecule has 10 nitrogen and oxygen atoms in total. The summed E-state index contributed by atoms with van der Waals surface area (Å²) in [4.78, 5) is 30.2. The van der Waals surface area contributed by atoms with Crippen molar-refractivity contribution in [3.63, 3.8) is 0 Å². The molecule has 2 aromatic carbocycles. The number of phenols is 1. The molecular formula is C24H22N2O8S2. The summed E-state index contributed by atoms with van der Waals surface area (Å²) in [5, 5.41) is 21.0. The van der Waals surface area contributed by atoms with Gasteiger partial charge in [-0.05, 0) is 43.7 Å². The van der Waals surface area contributed by atoms with Crippen LogP contribution in [0.2, 0.25) is 0 Å². The average Bonchev–Trinajstić information content (AvgIpc) is 3.36. The first-order valence-corrected chi connectivity index (χ1v) is 12.8. The van der Waals surface area contributed by atoms with Gasteiger partial charge in [0.15, 0.2) is 22.4 Å². The van der Waals surface area contributed by atoms with Gasteiger partial charge >= 0.3 is 5.97 Å². The fraction of sp³-hybridized carbons (Fsp3) is 0.208. The molecule has 12 heteroatoms. The second-order valence-corrected chi connectivity index (χ2v) is 10.8. The summed E-state index contributed by atoms with van der Waals surface area (Å²) in [5.41, 5.74) is 1.32. The zero-order valence-electron chi connectivity index (χ0n) is 19.7. The van der Waals surface area contributed by atoms with Crippen molar-refractivity contribution < 1.29 is 37.7 Å². The lowest BCUT2D eigenvalue weighted by Gasteiger charge is -2.25. The summed E-state index contributed by atoms with van der Waals surface area (Å²) < 4.78 is 37.4. The van der Waals surface area contributed by atoms with Gasteiger partial charge in [-0.3, -0.25) is 9.69 Å². The van der Waals surface area contributed by atoms with Crippen LogP contribution in [0.1, 0.15) is 32.5 Å². The number of aryl methyl sites for hydroxylation is 2. The second kappa shape index (κ2) is 9.28. The maximum Gasteiger partial charge on any atom is 0.350 e. The van der Waals surface area contributed by atoms with Crippen molar-refractivity contribution in [2.45, 2.75) is 24.8 Å². The number of hydrogen-bond acceptors (Lipinski definition) is 10. The van der Waals surface area contributed by atoms with Gasteiger partial charge in [-0.1, -0.05) is 35.1 Å². The third-order valence-corrected chi connectivity index (χ3v) is 8.69. The van der Waals surface area contributed by atoms with Crippen LogP contribution in [0.3, 0.4) is 0 Å². The lowest BCUT2D eigenvalue weighted by molar-refractivity contribution is -0.117. The maximum absolute atomic E-state index is 13.7. The summed E-state index contributed by atoms with van der Waals surface area (Å²) >= 11 is 0.823. The van der Waals surface area contributed by atoms with E-state index in [0.29, 0.717) is 0 Å². The Hall–Kier alpha value is -3.90. The molecule has 1 aromatic heterocycles. The highest BCUT2D eigenvalue weighted by atomic mass is 32.2. The number of esters is 1. The van der Waals surface area contributed by atoms with Crippen LogP contribution >= 0.6 is 11.3 Å². The number of anilines is 1. The van der Waals surface area contributed by atoms with Gasteiger partial charge < -0.3 is 19.7 Å². The molecule has 0 saturated heterocycles. The predicted molar refractivity (Wildman–Crippen MR) is 131 cm³/mol. The quantitative estimate of drug-likeness (QED) is 0.457. The number of aromatic nitrogens is 1. The summed E-state index contributed by atoms with van der Waals surface area (Å²) in [6.07, 6.45) is 0. The normalized spacial score (nSPS) is 15.9. The lowest BCUT2D eigenvalue weighted by atomic mass is 10.1. The van der Waals surface area contributed by atoms with E-state index in [1.807, 2.05) is 0 Å². The van der Waals surface area contributed by atoms with Gasteiger partial charge in [0.2, 0.25) is 9.84 Å². The number of amides is 1. The van der Waals surface area contributed by atoms with E-state index in [4.69, 9.17) is 9.47 Å². The lowest BCUT2D eigenvalue weighted by Crippen LogP contribution is -2.31. The van der Waals surface area contributed by atoms with Crippen molar-refractivity contribution in [1.82, 2.24) is 4.98 Å². The number of methoxy groups -OCH3 is 2. The molecule has 188 valence electrons. The first-order valence-electron chi connectivity index (χ1n) is 10.5. The molecule has 36 heavy (non-hydrogen) atoms. The molecule has 1 aliphatic heterocycles. The number of carbonyl (C=O) groups excluding carboxylic acids is 2. The summed E-state index contributed by atoms with van der Waals surface area (Å²) in [6.45, 7) is 3.34. The molecule has 0 bridgehead atoms. The number of aliphatic hydroxyl groups excluding tert-OH is 1. The van der Waals surface area contributed by atoms with Crippen molar-refractivity contribution in [1.29, 1.82) is 0 Å². The Kier molecular flexibility index (Phi) is 6.50. The molecule has 0 fully saturated rings. The second-order valence-electron chi connectivity index (χ2n) is 7.94. The topological polar surface area (TPSA) is 143 Å². The molecule has 2 heterocycles. The molecule has 1 unspecified atom stereocenters. The van der Waals surface area contributed by atoms with Crippen LogP contribution in [-0.2, 0) is 19.4 Å². The van der Waals surface area contributed by atoms with Gasteiger partial charge in [0.05, 0.1) is 24.8 Å². The highest BCUT2D eigenvalue weighted by Crippen LogP contribution is 2.47. The van der Waals surface area contributed by atoms with E-state index in [1.165, 1.54) is 44.6 Å². The average molecular weight is 531 g/mol. The van der Waals surface area contributed by atoms with E-state index in [-0.39, 0.29) is 37.7 Å². The van der Waals surface area contributed by atoms with Crippen LogP contribution in [0, 0.1) is 13.8 Å². The van der Waals surface area contributed by atoms with Gasteiger partial charge in [0.25, 0.3) is 5.91 Å². The van der Waals surface area contributed by atoms with Crippen molar-refractivity contribution in [2.24, 2.45) is 0 Å². The van der Waals surface area contributed by atoms with E-state index in [2.05, 4.69) is 4.98 Å². The van der Waals surface area contributed by atoms with Crippen LogP contribution in [-0.4, -0.2) is 49.7 Å². The molecule has 0 aliphatic carbocycles. The fourth-order valence-corrected chi connectivity index (χ4v) is 6.47. The minimum Gasteiger partial charge on any atom is -0.504 e. The number of rotatable bonds is 6. The molecule has 3 aromatic rings.